The van der Waals surface area contributed by atoms with E-state index < -0.39 is 0 Å². The number of hydrogen-bond acceptors (Lipinski definition) is 3. The van der Waals surface area contributed by atoms with Crippen molar-refractivity contribution >= 4 is 6.03 Å². The van der Waals surface area contributed by atoms with Crippen LogP contribution in [0.15, 0.2) is 24.3 Å². The van der Waals surface area contributed by atoms with E-state index in [1.165, 1.54) is 11.1 Å². The SMILES string of the molecule is CCN(CC)Cc1ccccc1CNC(=O)N1CCC(CO)CC1. The van der Waals surface area contributed by atoms with E-state index in [1.54, 1.807) is 0 Å². The Kier molecular flexibility index (Phi) is 7.53. The number of nitrogens with one attached hydrogen (secondary N) is 1. The molecule has 5 heteroatoms. The number of urea groups is 1. The monoisotopic (exact) mass is 333 g/mol. The summed E-state index contributed by atoms with van der Waals surface area (Å²) in [5.74, 6) is 0.351. The first-order chi connectivity index (χ1) is 11.7. The molecule has 5 nitrogen and oxygen atoms in total. The minimum atomic E-state index is 0.00373. The molecular formula is C19H31N3O2. The minimum Gasteiger partial charge on any atom is -0.396 e. The van der Waals surface area contributed by atoms with Crippen LogP contribution in [0.1, 0.15) is 37.8 Å². The summed E-state index contributed by atoms with van der Waals surface area (Å²) in [5.41, 5.74) is 2.46. The second-order valence-corrected chi connectivity index (χ2v) is 6.50. The summed E-state index contributed by atoms with van der Waals surface area (Å²) < 4.78 is 0. The molecule has 0 aromatic heterocycles. The maximum Gasteiger partial charge on any atom is 0.317 e. The van der Waals surface area contributed by atoms with Crippen molar-refractivity contribution in [2.75, 3.05) is 32.8 Å². The Morgan fingerprint density at radius 2 is 1.83 bits per heavy atom. The Morgan fingerprint density at radius 3 is 2.42 bits per heavy atom. The highest BCUT2D eigenvalue weighted by Gasteiger charge is 2.22. The fraction of sp³-hybridized carbons (Fsp3) is 0.632. The number of benzene rings is 1. The topological polar surface area (TPSA) is 55.8 Å². The van der Waals surface area contributed by atoms with Crippen LogP contribution in [-0.4, -0.2) is 53.7 Å². The number of carbonyl (C=O) groups excluding carboxylic acids is 1. The molecule has 0 saturated carbocycles. The van der Waals surface area contributed by atoms with E-state index in [1.807, 2.05) is 11.0 Å². The Bertz CT molecular complexity index is 509. The number of piperidine rings is 1. The predicted molar refractivity (Wildman–Crippen MR) is 96.7 cm³/mol. The van der Waals surface area contributed by atoms with Crippen LogP contribution >= 0.6 is 0 Å². The Hall–Kier alpha value is -1.59. The lowest BCUT2D eigenvalue weighted by atomic mass is 9.98. The molecule has 1 heterocycles. The zero-order valence-electron chi connectivity index (χ0n) is 15.0. The van der Waals surface area contributed by atoms with Crippen LogP contribution < -0.4 is 5.32 Å². The van der Waals surface area contributed by atoms with Crippen LogP contribution in [0.5, 0.6) is 0 Å². The molecule has 1 aromatic rings. The average Bonchev–Trinajstić information content (AvgIpc) is 2.65. The van der Waals surface area contributed by atoms with E-state index in [0.717, 1.165) is 45.6 Å². The average molecular weight is 333 g/mol. The molecule has 2 N–H and O–H groups in total. The molecule has 0 spiro atoms. The van der Waals surface area contributed by atoms with Crippen molar-refractivity contribution in [3.8, 4) is 0 Å². The van der Waals surface area contributed by atoms with Crippen molar-refractivity contribution in [2.45, 2.75) is 39.8 Å². The van der Waals surface area contributed by atoms with Crippen LogP contribution in [0.4, 0.5) is 4.79 Å². The number of amides is 2. The molecule has 0 bridgehead atoms. The molecular weight excluding hydrogens is 302 g/mol. The Labute approximate surface area is 145 Å². The van der Waals surface area contributed by atoms with Gasteiger partial charge in [0.2, 0.25) is 0 Å². The van der Waals surface area contributed by atoms with Crippen molar-refractivity contribution in [1.82, 2.24) is 15.1 Å². The van der Waals surface area contributed by atoms with Crippen LogP contribution in [0, 0.1) is 5.92 Å². The number of nitrogens with zero attached hydrogens (tertiary/aromatic N) is 2. The second kappa shape index (κ2) is 9.64. The zero-order valence-corrected chi connectivity index (χ0v) is 15.0. The van der Waals surface area contributed by atoms with Gasteiger partial charge >= 0.3 is 6.03 Å². The number of hydrogen-bond donors (Lipinski definition) is 2. The van der Waals surface area contributed by atoms with E-state index in [4.69, 9.17) is 0 Å². The quantitative estimate of drug-likeness (QED) is 0.806. The van der Waals surface area contributed by atoms with Gasteiger partial charge in [-0.3, -0.25) is 4.90 Å². The third-order valence-corrected chi connectivity index (χ3v) is 5.00. The van der Waals surface area contributed by atoms with Crippen molar-refractivity contribution in [3.63, 3.8) is 0 Å². The lowest BCUT2D eigenvalue weighted by Crippen LogP contribution is -2.44. The van der Waals surface area contributed by atoms with Gasteiger partial charge in [0.25, 0.3) is 0 Å². The highest BCUT2D eigenvalue weighted by Crippen LogP contribution is 2.17. The fourth-order valence-corrected chi connectivity index (χ4v) is 3.17. The lowest BCUT2D eigenvalue weighted by Gasteiger charge is -2.31. The van der Waals surface area contributed by atoms with E-state index in [0.29, 0.717) is 12.5 Å². The van der Waals surface area contributed by atoms with E-state index >= 15 is 0 Å². The number of carbonyl (C=O) groups is 1. The number of aliphatic hydroxyl groups is 1. The number of likely N-dealkylation sites (tertiary alicyclic amines) is 1. The molecule has 1 aromatic carbocycles. The molecule has 1 fully saturated rings. The summed E-state index contributed by atoms with van der Waals surface area (Å²) in [7, 11) is 0. The van der Waals surface area contributed by atoms with Crippen molar-refractivity contribution in [3.05, 3.63) is 35.4 Å². The van der Waals surface area contributed by atoms with Gasteiger partial charge in [0.1, 0.15) is 0 Å². The normalized spacial score (nSPS) is 15.8. The highest BCUT2D eigenvalue weighted by atomic mass is 16.3. The van der Waals surface area contributed by atoms with Gasteiger partial charge in [-0.1, -0.05) is 38.1 Å². The van der Waals surface area contributed by atoms with Gasteiger partial charge in [0.15, 0.2) is 0 Å². The molecule has 134 valence electrons. The van der Waals surface area contributed by atoms with Crippen LogP contribution in [-0.2, 0) is 13.1 Å². The highest BCUT2D eigenvalue weighted by molar-refractivity contribution is 5.74. The van der Waals surface area contributed by atoms with E-state index in [9.17, 15) is 9.90 Å². The van der Waals surface area contributed by atoms with Gasteiger partial charge < -0.3 is 15.3 Å². The summed E-state index contributed by atoms with van der Waals surface area (Å²) in [5, 5.41) is 12.2. The van der Waals surface area contributed by atoms with Gasteiger partial charge in [-0.25, -0.2) is 4.79 Å². The smallest absolute Gasteiger partial charge is 0.317 e. The molecule has 0 radical (unpaired) electrons. The van der Waals surface area contributed by atoms with Gasteiger partial charge in [-0.2, -0.15) is 0 Å². The molecule has 1 aliphatic heterocycles. The molecule has 1 aliphatic rings. The molecule has 0 unspecified atom stereocenters. The third kappa shape index (κ3) is 5.21. The van der Waals surface area contributed by atoms with E-state index in [-0.39, 0.29) is 12.6 Å². The Balaban J connectivity index is 1.88. The van der Waals surface area contributed by atoms with E-state index in [2.05, 4.69) is 42.3 Å². The molecule has 24 heavy (non-hydrogen) atoms. The fourth-order valence-electron chi connectivity index (χ4n) is 3.17. The number of aliphatic hydroxyl groups excluding tert-OH is 1. The first kappa shape index (κ1) is 18.7. The largest absolute Gasteiger partial charge is 0.396 e. The van der Waals surface area contributed by atoms with Crippen LogP contribution in [0.25, 0.3) is 0 Å². The molecule has 1 saturated heterocycles. The van der Waals surface area contributed by atoms with Gasteiger partial charge in [0.05, 0.1) is 0 Å². The maximum atomic E-state index is 12.4. The lowest BCUT2D eigenvalue weighted by molar-refractivity contribution is 0.137. The van der Waals surface area contributed by atoms with Gasteiger partial charge in [-0.15, -0.1) is 0 Å². The number of rotatable bonds is 7. The molecule has 0 atom stereocenters. The second-order valence-electron chi connectivity index (χ2n) is 6.50. The first-order valence-electron chi connectivity index (χ1n) is 9.10. The zero-order chi connectivity index (χ0) is 17.4. The predicted octanol–water partition coefficient (Wildman–Crippen LogP) is 2.44. The minimum absolute atomic E-state index is 0.00373. The van der Waals surface area contributed by atoms with Crippen molar-refractivity contribution < 1.29 is 9.90 Å². The summed E-state index contributed by atoms with van der Waals surface area (Å²) in [6.45, 7) is 9.57. The van der Waals surface area contributed by atoms with Gasteiger partial charge in [-0.05, 0) is 43.0 Å². The maximum absolute atomic E-state index is 12.4. The molecule has 2 amide bonds. The van der Waals surface area contributed by atoms with Crippen molar-refractivity contribution in [2.24, 2.45) is 5.92 Å². The summed E-state index contributed by atoms with van der Waals surface area (Å²) in [6, 6.07) is 8.33. The summed E-state index contributed by atoms with van der Waals surface area (Å²) in [6.07, 6.45) is 1.78. The molecule has 0 aliphatic carbocycles. The van der Waals surface area contributed by atoms with Crippen molar-refractivity contribution in [1.29, 1.82) is 0 Å². The standard InChI is InChI=1S/C19H31N3O2/c1-3-21(4-2)14-18-8-6-5-7-17(18)13-20-19(24)22-11-9-16(15-23)10-12-22/h5-8,16,23H,3-4,9-15H2,1-2H3,(H,20,24). The Morgan fingerprint density at radius 1 is 1.21 bits per heavy atom. The van der Waals surface area contributed by atoms with Gasteiger partial charge in [0, 0.05) is 32.8 Å². The summed E-state index contributed by atoms with van der Waals surface area (Å²) in [4.78, 5) is 16.6. The molecule has 2 rings (SSSR count). The first-order valence-corrected chi connectivity index (χ1v) is 9.10. The van der Waals surface area contributed by atoms with Crippen LogP contribution in [0.2, 0.25) is 0 Å². The van der Waals surface area contributed by atoms with Crippen LogP contribution in [0.3, 0.4) is 0 Å². The third-order valence-electron chi connectivity index (χ3n) is 5.00. The summed E-state index contributed by atoms with van der Waals surface area (Å²) >= 11 is 0.